The van der Waals surface area contributed by atoms with Crippen molar-refractivity contribution < 1.29 is 14.6 Å². The van der Waals surface area contributed by atoms with Crippen molar-refractivity contribution >= 4 is 23.2 Å². The number of rotatable bonds is 7. The number of hydrogen-bond acceptors (Lipinski definition) is 3. The third kappa shape index (κ3) is 4.54. The topological polar surface area (TPSA) is 38.7 Å². The Balaban J connectivity index is 1.93. The minimum Gasteiger partial charge on any atom is -0.497 e. The number of hydrogen-bond donors (Lipinski definition) is 1. The lowest BCUT2D eigenvalue weighted by Gasteiger charge is -2.17. The fourth-order valence-corrected chi connectivity index (χ4v) is 2.73. The fraction of sp³-hybridized carbons (Fsp3) is 0.294. The van der Waals surface area contributed by atoms with E-state index < -0.39 is 0 Å². The lowest BCUT2D eigenvalue weighted by Crippen LogP contribution is -2.10. The molecule has 0 fully saturated rings. The Bertz CT molecular complexity index is 599. The zero-order chi connectivity index (χ0) is 15.9. The molecular formula is C17H18Cl2O3. The molecule has 0 spiro atoms. The Morgan fingerprint density at radius 1 is 1.05 bits per heavy atom. The number of halogens is 2. The van der Waals surface area contributed by atoms with E-state index in [-0.39, 0.29) is 12.5 Å². The summed E-state index contributed by atoms with van der Waals surface area (Å²) < 4.78 is 10.8. The molecule has 1 N–H and O–H groups in total. The second-order valence-electron chi connectivity index (χ2n) is 4.86. The van der Waals surface area contributed by atoms with Crippen LogP contribution in [-0.4, -0.2) is 25.4 Å². The second-order valence-corrected chi connectivity index (χ2v) is 5.70. The monoisotopic (exact) mass is 340 g/mol. The van der Waals surface area contributed by atoms with Gasteiger partial charge in [-0.05, 0) is 48.4 Å². The zero-order valence-electron chi connectivity index (χ0n) is 12.3. The maximum atomic E-state index is 9.57. The van der Waals surface area contributed by atoms with Crippen molar-refractivity contribution in [3.8, 4) is 11.5 Å². The largest absolute Gasteiger partial charge is 0.497 e. The summed E-state index contributed by atoms with van der Waals surface area (Å²) in [6.07, 6.45) is 0.657. The van der Waals surface area contributed by atoms with Gasteiger partial charge in [-0.3, -0.25) is 0 Å². The van der Waals surface area contributed by atoms with Crippen LogP contribution in [0.5, 0.6) is 11.5 Å². The zero-order valence-corrected chi connectivity index (χ0v) is 13.8. The molecule has 5 heteroatoms. The van der Waals surface area contributed by atoms with Crippen LogP contribution in [0.2, 0.25) is 10.0 Å². The lowest BCUT2D eigenvalue weighted by atomic mass is 9.97. The van der Waals surface area contributed by atoms with Crippen LogP contribution in [0.25, 0.3) is 0 Å². The summed E-state index contributed by atoms with van der Waals surface area (Å²) in [5.41, 5.74) is 0.881. The van der Waals surface area contributed by atoms with Crippen LogP contribution in [0.1, 0.15) is 17.9 Å². The summed E-state index contributed by atoms with van der Waals surface area (Å²) in [7, 11) is 1.62. The average Bonchev–Trinajstić information content (AvgIpc) is 2.53. The fourth-order valence-electron chi connectivity index (χ4n) is 2.17. The normalized spacial score (nSPS) is 12.0. The molecule has 0 unspecified atom stereocenters. The Morgan fingerprint density at radius 2 is 1.73 bits per heavy atom. The van der Waals surface area contributed by atoms with E-state index in [1.54, 1.807) is 19.2 Å². The molecule has 0 aromatic heterocycles. The second kappa shape index (κ2) is 8.28. The number of aliphatic hydroxyl groups excluding tert-OH is 1. The highest BCUT2D eigenvalue weighted by Gasteiger charge is 2.14. The van der Waals surface area contributed by atoms with E-state index in [2.05, 4.69) is 0 Å². The Kier molecular flexibility index (Phi) is 6.37. The van der Waals surface area contributed by atoms with Crippen molar-refractivity contribution in [3.63, 3.8) is 0 Å². The van der Waals surface area contributed by atoms with Crippen LogP contribution in [0.15, 0.2) is 42.5 Å². The molecule has 0 saturated carbocycles. The van der Waals surface area contributed by atoms with E-state index >= 15 is 0 Å². The van der Waals surface area contributed by atoms with Crippen molar-refractivity contribution in [1.29, 1.82) is 0 Å². The molecule has 22 heavy (non-hydrogen) atoms. The SMILES string of the molecule is COc1ccc(OCC[C@@H](CO)c2ccc(Cl)cc2Cl)cc1. The maximum Gasteiger partial charge on any atom is 0.119 e. The maximum absolute atomic E-state index is 9.57. The molecule has 0 aliphatic heterocycles. The first kappa shape index (κ1) is 16.9. The highest BCUT2D eigenvalue weighted by molar-refractivity contribution is 6.35. The van der Waals surface area contributed by atoms with Crippen molar-refractivity contribution in [2.24, 2.45) is 0 Å². The predicted octanol–water partition coefficient (Wildman–Crippen LogP) is 4.55. The molecular weight excluding hydrogens is 323 g/mol. The molecule has 0 heterocycles. The minimum atomic E-state index is -0.0805. The third-order valence-electron chi connectivity index (χ3n) is 3.42. The first-order chi connectivity index (χ1) is 10.6. The van der Waals surface area contributed by atoms with E-state index in [9.17, 15) is 5.11 Å². The van der Waals surface area contributed by atoms with E-state index in [0.29, 0.717) is 23.1 Å². The van der Waals surface area contributed by atoms with Gasteiger partial charge in [0, 0.05) is 16.0 Å². The molecule has 0 amide bonds. The van der Waals surface area contributed by atoms with Gasteiger partial charge >= 0.3 is 0 Å². The van der Waals surface area contributed by atoms with Crippen molar-refractivity contribution in [2.75, 3.05) is 20.3 Å². The molecule has 0 saturated heterocycles. The van der Waals surface area contributed by atoms with Crippen LogP contribution in [0, 0.1) is 0 Å². The molecule has 0 bridgehead atoms. The summed E-state index contributed by atoms with van der Waals surface area (Å²) >= 11 is 12.1. The summed E-state index contributed by atoms with van der Waals surface area (Å²) in [5.74, 6) is 1.47. The van der Waals surface area contributed by atoms with Crippen LogP contribution in [-0.2, 0) is 0 Å². The molecule has 2 rings (SSSR count). The van der Waals surface area contributed by atoms with Gasteiger partial charge < -0.3 is 14.6 Å². The molecule has 0 aliphatic rings. The molecule has 2 aromatic carbocycles. The van der Waals surface area contributed by atoms with Gasteiger partial charge in [0.05, 0.1) is 20.3 Å². The smallest absolute Gasteiger partial charge is 0.119 e. The average molecular weight is 341 g/mol. The Labute approximate surface area is 140 Å². The summed E-state index contributed by atoms with van der Waals surface area (Å²) in [6.45, 7) is 0.490. The number of ether oxygens (including phenoxy) is 2. The molecule has 1 atom stereocenters. The Morgan fingerprint density at radius 3 is 2.32 bits per heavy atom. The first-order valence-corrected chi connectivity index (χ1v) is 7.72. The number of aliphatic hydroxyl groups is 1. The van der Waals surface area contributed by atoms with Gasteiger partial charge in [0.1, 0.15) is 11.5 Å². The standard InChI is InChI=1S/C17H18Cl2O3/c1-21-14-3-5-15(6-4-14)22-9-8-12(11-20)16-7-2-13(18)10-17(16)19/h2-7,10,12,20H,8-9,11H2,1H3/t12-/m0/s1. The van der Waals surface area contributed by atoms with Crippen LogP contribution in [0.3, 0.4) is 0 Å². The summed E-state index contributed by atoms with van der Waals surface area (Å²) in [6, 6.07) is 12.7. The van der Waals surface area contributed by atoms with Crippen molar-refractivity contribution in [2.45, 2.75) is 12.3 Å². The third-order valence-corrected chi connectivity index (χ3v) is 3.98. The van der Waals surface area contributed by atoms with Gasteiger partial charge in [-0.15, -0.1) is 0 Å². The molecule has 3 nitrogen and oxygen atoms in total. The summed E-state index contributed by atoms with van der Waals surface area (Å²) in [4.78, 5) is 0. The van der Waals surface area contributed by atoms with Gasteiger partial charge in [-0.1, -0.05) is 29.3 Å². The van der Waals surface area contributed by atoms with E-state index in [1.807, 2.05) is 30.3 Å². The van der Waals surface area contributed by atoms with E-state index in [4.69, 9.17) is 32.7 Å². The van der Waals surface area contributed by atoms with Crippen LogP contribution >= 0.6 is 23.2 Å². The van der Waals surface area contributed by atoms with Gasteiger partial charge in [0.25, 0.3) is 0 Å². The Hall–Kier alpha value is -1.42. The van der Waals surface area contributed by atoms with Gasteiger partial charge in [0.15, 0.2) is 0 Å². The highest BCUT2D eigenvalue weighted by Crippen LogP contribution is 2.29. The molecule has 0 aliphatic carbocycles. The first-order valence-electron chi connectivity index (χ1n) is 6.96. The van der Waals surface area contributed by atoms with E-state index in [1.165, 1.54) is 0 Å². The molecule has 118 valence electrons. The van der Waals surface area contributed by atoms with Gasteiger partial charge in [-0.2, -0.15) is 0 Å². The van der Waals surface area contributed by atoms with E-state index in [0.717, 1.165) is 17.1 Å². The molecule has 0 radical (unpaired) electrons. The van der Waals surface area contributed by atoms with Crippen LogP contribution < -0.4 is 9.47 Å². The van der Waals surface area contributed by atoms with Crippen LogP contribution in [0.4, 0.5) is 0 Å². The quantitative estimate of drug-likeness (QED) is 0.803. The van der Waals surface area contributed by atoms with Gasteiger partial charge in [0.2, 0.25) is 0 Å². The van der Waals surface area contributed by atoms with Crippen molar-refractivity contribution in [1.82, 2.24) is 0 Å². The van der Waals surface area contributed by atoms with Gasteiger partial charge in [-0.25, -0.2) is 0 Å². The van der Waals surface area contributed by atoms with Crippen molar-refractivity contribution in [3.05, 3.63) is 58.1 Å². The number of benzene rings is 2. The predicted molar refractivity (Wildman–Crippen MR) is 89.4 cm³/mol. The lowest BCUT2D eigenvalue weighted by molar-refractivity contribution is 0.229. The summed E-state index contributed by atoms with van der Waals surface area (Å²) in [5, 5.41) is 10.7. The number of methoxy groups -OCH3 is 1. The minimum absolute atomic E-state index is 0.00727. The molecule has 2 aromatic rings. The highest BCUT2D eigenvalue weighted by atomic mass is 35.5.